The van der Waals surface area contributed by atoms with Crippen LogP contribution in [0.2, 0.25) is 0 Å². The lowest BCUT2D eigenvalue weighted by Crippen LogP contribution is -2.74. The van der Waals surface area contributed by atoms with Gasteiger partial charge in [-0.05, 0) is 93.2 Å². The third-order valence-electron chi connectivity index (χ3n) is 11.2. The van der Waals surface area contributed by atoms with Crippen LogP contribution in [-0.2, 0) is 0 Å². The van der Waals surface area contributed by atoms with Crippen molar-refractivity contribution in [3.63, 3.8) is 0 Å². The predicted molar refractivity (Wildman–Crippen MR) is 228 cm³/mol. The molecule has 0 fully saturated rings. The van der Waals surface area contributed by atoms with Gasteiger partial charge in [-0.15, -0.1) is 0 Å². The fraction of sp³-hybridized carbons (Fsp3) is 0. The van der Waals surface area contributed by atoms with E-state index in [1.165, 1.54) is 87.2 Å². The highest BCUT2D eigenvalue weighted by molar-refractivity contribution is 7.19. The molecule has 0 unspecified atom stereocenters. The van der Waals surface area contributed by atoms with Crippen molar-refractivity contribution < 1.29 is 0 Å². The molecule has 0 amide bonds. The summed E-state index contributed by atoms with van der Waals surface area (Å²) < 4.78 is 0. The molecule has 0 heterocycles. The molecule has 9 aromatic rings. The molecule has 248 valence electrons. The molecule has 0 nitrogen and oxygen atoms in total. The van der Waals surface area contributed by atoms with E-state index in [1.807, 2.05) is 0 Å². The molecule has 0 N–H and O–H groups in total. The predicted octanol–water partition coefficient (Wildman–Crippen LogP) is 10.9. The Morgan fingerprint density at radius 2 is 0.642 bits per heavy atom. The summed E-state index contributed by atoms with van der Waals surface area (Å²) in [5, 5.41) is 8.13. The van der Waals surface area contributed by atoms with E-state index in [4.69, 9.17) is 0 Å². The zero-order chi connectivity index (χ0) is 35.2. The minimum absolute atomic E-state index is 1.22. The van der Waals surface area contributed by atoms with Crippen LogP contribution < -0.4 is 20.7 Å². The van der Waals surface area contributed by atoms with E-state index in [1.54, 1.807) is 0 Å². The van der Waals surface area contributed by atoms with Crippen LogP contribution in [0, 0.1) is 0 Å². The van der Waals surface area contributed by atoms with Crippen LogP contribution in [0.1, 0.15) is 0 Å². The molecule has 0 atom stereocenters. The molecule has 0 aliphatic heterocycles. The summed E-state index contributed by atoms with van der Waals surface area (Å²) in [6, 6.07) is 81.1. The Morgan fingerprint density at radius 3 is 1.15 bits per heavy atom. The second-order valence-corrected chi connectivity index (χ2v) is 17.8. The fourth-order valence-corrected chi connectivity index (χ4v) is 13.7. The van der Waals surface area contributed by atoms with Gasteiger partial charge in [0.05, 0.1) is 0 Å². The Hall–Kier alpha value is -6.54. The van der Waals surface area contributed by atoms with E-state index in [0.29, 0.717) is 0 Å². The Morgan fingerprint density at radius 1 is 0.245 bits per heavy atom. The van der Waals surface area contributed by atoms with Gasteiger partial charge in [0.2, 0.25) is 0 Å². The minimum Gasteiger partial charge on any atom is -0.0623 e. The monoisotopic (exact) mass is 688 g/mol. The first-order chi connectivity index (χ1) is 26.3. The number of hydrogen-bond acceptors (Lipinski definition) is 0. The quantitative estimate of drug-likeness (QED) is 0.115. The first-order valence-corrected chi connectivity index (χ1v) is 20.4. The van der Waals surface area contributed by atoms with E-state index in [-0.39, 0.29) is 0 Å². The van der Waals surface area contributed by atoms with Crippen molar-refractivity contribution in [2.45, 2.75) is 0 Å². The zero-order valence-electron chi connectivity index (χ0n) is 29.3. The molecule has 0 aromatic heterocycles. The van der Waals surface area contributed by atoms with Crippen molar-refractivity contribution in [2.75, 3.05) is 0 Å². The lowest BCUT2D eigenvalue weighted by Gasteiger charge is -2.34. The summed E-state index contributed by atoms with van der Waals surface area (Å²) in [6.07, 6.45) is 0. The van der Waals surface area contributed by atoms with Gasteiger partial charge in [-0.1, -0.05) is 212 Å². The number of rotatable bonds is 7. The zero-order valence-corrected chi connectivity index (χ0v) is 30.3. The van der Waals surface area contributed by atoms with Crippen LogP contribution in [0.3, 0.4) is 0 Å². The van der Waals surface area contributed by atoms with Gasteiger partial charge in [-0.2, -0.15) is 0 Å². The molecule has 53 heavy (non-hydrogen) atoms. The van der Waals surface area contributed by atoms with Crippen molar-refractivity contribution in [1.82, 2.24) is 0 Å². The molecule has 1 aliphatic carbocycles. The van der Waals surface area contributed by atoms with Gasteiger partial charge in [-0.3, -0.25) is 0 Å². The van der Waals surface area contributed by atoms with Gasteiger partial charge in [0.25, 0.3) is 0 Å². The molecule has 0 saturated carbocycles. The molecule has 1 aliphatic rings. The Labute approximate surface area is 312 Å². The highest BCUT2D eigenvalue weighted by atomic mass is 28.3. The van der Waals surface area contributed by atoms with Gasteiger partial charge < -0.3 is 0 Å². The second-order valence-electron chi connectivity index (χ2n) is 14.0. The maximum absolute atomic E-state index is 2.66. The third-order valence-corrected chi connectivity index (χ3v) is 16.0. The lowest BCUT2D eigenvalue weighted by atomic mass is 9.82. The fourth-order valence-electron chi connectivity index (χ4n) is 8.93. The van der Waals surface area contributed by atoms with Crippen LogP contribution >= 0.6 is 0 Å². The average Bonchev–Trinajstić information content (AvgIpc) is 3.58. The summed E-state index contributed by atoms with van der Waals surface area (Å²) in [5.74, 6) is 0. The third kappa shape index (κ3) is 4.97. The smallest absolute Gasteiger partial charge is 0.0623 e. The maximum Gasteiger partial charge on any atom is 0.179 e. The van der Waals surface area contributed by atoms with Crippen LogP contribution in [0.25, 0.3) is 66.4 Å². The van der Waals surface area contributed by atoms with Gasteiger partial charge >= 0.3 is 0 Å². The van der Waals surface area contributed by atoms with E-state index in [9.17, 15) is 0 Å². The van der Waals surface area contributed by atoms with Crippen molar-refractivity contribution in [1.29, 1.82) is 0 Å². The molecule has 0 spiro atoms. The molecular formula is C52H36Si. The summed E-state index contributed by atoms with van der Waals surface area (Å²) in [4.78, 5) is 0. The van der Waals surface area contributed by atoms with Crippen molar-refractivity contribution in [3.8, 4) is 55.6 Å². The number of hydrogen-bond donors (Lipinski definition) is 0. The van der Waals surface area contributed by atoms with E-state index >= 15 is 0 Å². The lowest BCUT2D eigenvalue weighted by molar-refractivity contribution is 1.57. The standard InChI is InChI=1S/C52H36Si/c1-6-18-37(19-7-1)48-36-47(50(40-20-8-2-9-21-40)52-46-31-17-23-39-22-16-30-45(49(39)46)51(48)52)38-32-34-44(35-33-38)53(41-24-10-3-11-25-41,42-26-12-4-13-27-42)43-28-14-5-15-29-43/h1-36H. The SMILES string of the molecule is c1ccc(-c2cc(-c3ccc([Si](c4ccccc4)(c4ccccc4)c4ccccc4)cc3)c(-c3ccccc3)c3c2-c2cccc4cccc-3c24)cc1. The van der Waals surface area contributed by atoms with Crippen LogP contribution in [0.5, 0.6) is 0 Å². The normalized spacial score (nSPS) is 11.8. The minimum atomic E-state index is -2.66. The summed E-state index contributed by atoms with van der Waals surface area (Å²) in [5.41, 5.74) is 12.8. The summed E-state index contributed by atoms with van der Waals surface area (Å²) >= 11 is 0. The topological polar surface area (TPSA) is 0 Å². The molecule has 0 saturated heterocycles. The first kappa shape index (κ1) is 31.2. The number of benzene rings is 9. The Balaban J connectivity index is 1.27. The van der Waals surface area contributed by atoms with E-state index in [0.717, 1.165) is 0 Å². The molecule has 0 radical (unpaired) electrons. The van der Waals surface area contributed by atoms with Crippen molar-refractivity contribution >= 4 is 39.6 Å². The highest BCUT2D eigenvalue weighted by Crippen LogP contribution is 2.57. The second kappa shape index (κ2) is 12.9. The van der Waals surface area contributed by atoms with Crippen molar-refractivity contribution in [3.05, 3.63) is 218 Å². The summed E-state index contributed by atoms with van der Waals surface area (Å²) in [7, 11) is -2.66. The van der Waals surface area contributed by atoms with E-state index < -0.39 is 8.07 Å². The van der Waals surface area contributed by atoms with Crippen LogP contribution in [0.15, 0.2) is 218 Å². The first-order valence-electron chi connectivity index (χ1n) is 18.4. The van der Waals surface area contributed by atoms with E-state index in [2.05, 4.69) is 218 Å². The maximum atomic E-state index is 2.46. The highest BCUT2D eigenvalue weighted by Gasteiger charge is 2.41. The Kier molecular flexibility index (Phi) is 7.60. The molecule has 1 heteroatoms. The van der Waals surface area contributed by atoms with Crippen LogP contribution in [0.4, 0.5) is 0 Å². The van der Waals surface area contributed by atoms with Gasteiger partial charge in [0.15, 0.2) is 8.07 Å². The molecule has 0 bridgehead atoms. The molecule has 10 rings (SSSR count). The van der Waals surface area contributed by atoms with Crippen molar-refractivity contribution in [2.24, 2.45) is 0 Å². The average molecular weight is 689 g/mol. The summed E-state index contributed by atoms with van der Waals surface area (Å²) in [6.45, 7) is 0. The van der Waals surface area contributed by atoms with Crippen LogP contribution in [-0.4, -0.2) is 8.07 Å². The molecule has 9 aromatic carbocycles. The largest absolute Gasteiger partial charge is 0.179 e. The Bertz CT molecular complexity index is 2620. The molecular weight excluding hydrogens is 653 g/mol. The van der Waals surface area contributed by atoms with Gasteiger partial charge in [-0.25, -0.2) is 0 Å². The van der Waals surface area contributed by atoms with Gasteiger partial charge in [0.1, 0.15) is 0 Å². The number of fused-ring (bicyclic) bond motifs is 3. The van der Waals surface area contributed by atoms with Gasteiger partial charge in [0, 0.05) is 0 Å².